The molecule has 4 N–H and O–H groups in total. The number of aromatic nitrogens is 4. The predicted molar refractivity (Wildman–Crippen MR) is 131 cm³/mol. The zero-order chi connectivity index (χ0) is 24.4. The number of ether oxygens (including phenoxy) is 1. The Kier molecular flexibility index (Phi) is 6.01. The number of aromatic amines is 1. The molecule has 178 valence electrons. The molecule has 4 heterocycles. The summed E-state index contributed by atoms with van der Waals surface area (Å²) in [4.78, 5) is 29.6. The maximum Gasteiger partial charge on any atom is 0.245 e. The molecule has 1 fully saturated rings. The van der Waals surface area contributed by atoms with E-state index in [1.807, 2.05) is 6.20 Å². The molecule has 35 heavy (non-hydrogen) atoms. The molecule has 5 rings (SSSR count). The number of rotatable bonds is 6. The van der Waals surface area contributed by atoms with E-state index in [2.05, 4.69) is 31.8 Å². The summed E-state index contributed by atoms with van der Waals surface area (Å²) in [6.07, 6.45) is 7.83. The van der Waals surface area contributed by atoms with Gasteiger partial charge in [-0.2, -0.15) is 0 Å². The molecule has 0 aliphatic carbocycles. The number of nitrogens with one attached hydrogen (secondary N) is 2. The third-order valence-corrected chi connectivity index (χ3v) is 6.10. The molecule has 3 aromatic heterocycles. The maximum atomic E-state index is 15.0. The first-order valence-corrected chi connectivity index (χ1v) is 11.2. The number of carbonyl (C=O) groups excluding carboxylic acids is 1. The number of H-pyrrole nitrogens is 1. The number of piperidine rings is 1. The van der Waals surface area contributed by atoms with Crippen molar-refractivity contribution in [3.63, 3.8) is 0 Å². The largest absolute Gasteiger partial charge is 0.457 e. The Morgan fingerprint density at radius 2 is 2.00 bits per heavy atom. The van der Waals surface area contributed by atoms with Gasteiger partial charge in [-0.25, -0.2) is 19.3 Å². The van der Waals surface area contributed by atoms with E-state index in [-0.39, 0.29) is 17.5 Å². The van der Waals surface area contributed by atoms with Gasteiger partial charge in [0.25, 0.3) is 0 Å². The minimum absolute atomic E-state index is 0.0524. The number of nitrogen functional groups attached to an aromatic ring is 1. The van der Waals surface area contributed by atoms with Gasteiger partial charge in [-0.3, -0.25) is 4.79 Å². The Bertz CT molecular complexity index is 1400. The van der Waals surface area contributed by atoms with Crippen LogP contribution in [0.15, 0.2) is 61.7 Å². The molecule has 9 nitrogen and oxygen atoms in total. The number of likely N-dealkylation sites (tertiary alicyclic amines) is 1. The summed E-state index contributed by atoms with van der Waals surface area (Å²) in [5, 5.41) is 3.92. The van der Waals surface area contributed by atoms with Crippen LogP contribution in [0.2, 0.25) is 0 Å². The summed E-state index contributed by atoms with van der Waals surface area (Å²) >= 11 is 0. The number of pyridine rings is 1. The van der Waals surface area contributed by atoms with Gasteiger partial charge in [0.1, 0.15) is 40.9 Å². The quantitative estimate of drug-likeness (QED) is 0.352. The molecule has 0 unspecified atom stereocenters. The zero-order valence-corrected chi connectivity index (χ0v) is 18.9. The Morgan fingerprint density at radius 3 is 2.74 bits per heavy atom. The minimum atomic E-state index is -0.496. The van der Waals surface area contributed by atoms with Crippen molar-refractivity contribution in [2.75, 3.05) is 24.1 Å². The minimum Gasteiger partial charge on any atom is -0.457 e. The number of benzene rings is 1. The van der Waals surface area contributed by atoms with Crippen LogP contribution < -0.4 is 15.8 Å². The highest BCUT2D eigenvalue weighted by Crippen LogP contribution is 2.37. The molecule has 1 aromatic carbocycles. The fraction of sp³-hybridized carbons (Fsp3) is 0.200. The number of anilines is 3. The van der Waals surface area contributed by atoms with Crippen LogP contribution >= 0.6 is 0 Å². The molecule has 0 bridgehead atoms. The molecule has 1 aliphatic heterocycles. The number of halogens is 1. The molecule has 4 aromatic rings. The van der Waals surface area contributed by atoms with E-state index in [0.29, 0.717) is 41.9 Å². The van der Waals surface area contributed by atoms with Gasteiger partial charge in [0.2, 0.25) is 5.91 Å². The lowest BCUT2D eigenvalue weighted by atomic mass is 9.89. The average Bonchev–Trinajstić information content (AvgIpc) is 3.30. The van der Waals surface area contributed by atoms with E-state index < -0.39 is 5.82 Å². The van der Waals surface area contributed by atoms with Crippen LogP contribution in [-0.4, -0.2) is 43.8 Å². The van der Waals surface area contributed by atoms with E-state index in [0.717, 1.165) is 23.8 Å². The van der Waals surface area contributed by atoms with Crippen LogP contribution in [-0.2, 0) is 4.79 Å². The molecule has 1 amide bonds. The van der Waals surface area contributed by atoms with E-state index in [1.54, 1.807) is 29.2 Å². The monoisotopic (exact) mass is 473 g/mol. The summed E-state index contributed by atoms with van der Waals surface area (Å²) in [6, 6.07) is 7.75. The summed E-state index contributed by atoms with van der Waals surface area (Å²) in [6.45, 7) is 4.87. The molecule has 10 heteroatoms. The van der Waals surface area contributed by atoms with Crippen LogP contribution in [0.1, 0.15) is 24.3 Å². The molecule has 0 radical (unpaired) electrons. The topological polar surface area (TPSA) is 122 Å². The van der Waals surface area contributed by atoms with Crippen molar-refractivity contribution < 1.29 is 13.9 Å². The fourth-order valence-corrected chi connectivity index (χ4v) is 4.36. The van der Waals surface area contributed by atoms with Crippen LogP contribution in [0.4, 0.5) is 21.7 Å². The fourth-order valence-electron chi connectivity index (χ4n) is 4.36. The zero-order valence-electron chi connectivity index (χ0n) is 18.9. The Labute approximate surface area is 200 Å². The molecule has 0 saturated carbocycles. The predicted octanol–water partition coefficient (Wildman–Crippen LogP) is 4.50. The second kappa shape index (κ2) is 9.41. The molecule has 0 atom stereocenters. The van der Waals surface area contributed by atoms with E-state index >= 15 is 0 Å². The number of nitrogens with zero attached hydrogens (tertiary/aromatic N) is 4. The molecular formula is C25H24FN7O2. The number of hydrogen-bond donors (Lipinski definition) is 3. The first kappa shape index (κ1) is 22.3. The summed E-state index contributed by atoms with van der Waals surface area (Å²) < 4.78 is 20.7. The first-order chi connectivity index (χ1) is 17.0. The molecular weight excluding hydrogens is 449 g/mol. The smallest absolute Gasteiger partial charge is 0.245 e. The van der Waals surface area contributed by atoms with Crippen LogP contribution in [0.5, 0.6) is 11.5 Å². The molecule has 1 saturated heterocycles. The number of hydrogen-bond acceptors (Lipinski definition) is 7. The lowest BCUT2D eigenvalue weighted by molar-refractivity contribution is -0.127. The summed E-state index contributed by atoms with van der Waals surface area (Å²) in [5.74, 6) is 1.28. The number of amides is 1. The van der Waals surface area contributed by atoms with Crippen molar-refractivity contribution in [2.24, 2.45) is 0 Å². The highest BCUT2D eigenvalue weighted by Gasteiger charge is 2.26. The van der Waals surface area contributed by atoms with Crippen molar-refractivity contribution in [3.05, 3.63) is 73.1 Å². The van der Waals surface area contributed by atoms with Crippen LogP contribution in [0.3, 0.4) is 0 Å². The lowest BCUT2D eigenvalue weighted by Crippen LogP contribution is -2.36. The van der Waals surface area contributed by atoms with Gasteiger partial charge < -0.3 is 25.7 Å². The van der Waals surface area contributed by atoms with Crippen molar-refractivity contribution in [2.45, 2.75) is 18.8 Å². The van der Waals surface area contributed by atoms with Gasteiger partial charge in [-0.1, -0.05) is 6.58 Å². The summed E-state index contributed by atoms with van der Waals surface area (Å²) in [5.41, 5.74) is 7.64. The highest BCUT2D eigenvalue weighted by molar-refractivity contribution is 5.92. The lowest BCUT2D eigenvalue weighted by Gasteiger charge is -2.31. The average molecular weight is 474 g/mol. The summed E-state index contributed by atoms with van der Waals surface area (Å²) in [7, 11) is 0. The maximum absolute atomic E-state index is 15.0. The van der Waals surface area contributed by atoms with Crippen molar-refractivity contribution in [3.8, 4) is 11.5 Å². The van der Waals surface area contributed by atoms with Gasteiger partial charge in [-0.05, 0) is 48.6 Å². The number of nitrogens with two attached hydrogens (primary N) is 1. The Morgan fingerprint density at radius 1 is 1.20 bits per heavy atom. The van der Waals surface area contributed by atoms with E-state index in [9.17, 15) is 9.18 Å². The third kappa shape index (κ3) is 4.63. The molecule has 1 aliphatic rings. The molecule has 0 spiro atoms. The van der Waals surface area contributed by atoms with Crippen molar-refractivity contribution in [1.29, 1.82) is 0 Å². The van der Waals surface area contributed by atoms with Gasteiger partial charge in [0.15, 0.2) is 0 Å². The van der Waals surface area contributed by atoms with E-state index in [4.69, 9.17) is 10.5 Å². The number of fused-ring (bicyclic) bond motifs is 1. The van der Waals surface area contributed by atoms with Crippen molar-refractivity contribution >= 4 is 34.3 Å². The second-order valence-corrected chi connectivity index (χ2v) is 8.28. The van der Waals surface area contributed by atoms with Gasteiger partial charge in [-0.15, -0.1) is 0 Å². The SMILES string of the molecule is C=CC(=O)N1CCC(c2c[nH]c3ncnc(Nc4ccc(Oc5ccnc(N)c5)cc4F)c23)CC1. The van der Waals surface area contributed by atoms with Crippen LogP contribution in [0, 0.1) is 5.82 Å². The first-order valence-electron chi connectivity index (χ1n) is 11.2. The third-order valence-electron chi connectivity index (χ3n) is 6.10. The Hall–Kier alpha value is -4.47. The van der Waals surface area contributed by atoms with Crippen LogP contribution in [0.25, 0.3) is 11.0 Å². The number of carbonyl (C=O) groups is 1. The highest BCUT2D eigenvalue weighted by atomic mass is 19.1. The normalized spacial score (nSPS) is 14.1. The second-order valence-electron chi connectivity index (χ2n) is 8.28. The van der Waals surface area contributed by atoms with Crippen molar-refractivity contribution in [1.82, 2.24) is 24.8 Å². The van der Waals surface area contributed by atoms with E-state index in [1.165, 1.54) is 24.7 Å². The van der Waals surface area contributed by atoms with Gasteiger partial charge in [0, 0.05) is 37.6 Å². The van der Waals surface area contributed by atoms with Gasteiger partial charge >= 0.3 is 0 Å². The van der Waals surface area contributed by atoms with Gasteiger partial charge in [0.05, 0.1) is 11.1 Å². The Balaban J connectivity index is 1.37. The standard InChI is InChI=1S/C25H24FN7O2/c1-2-22(34)33-9-6-15(7-10-33)18-13-29-24-23(18)25(31-14-30-24)32-20-4-3-16(11-19(20)26)35-17-5-8-28-21(27)12-17/h2-5,8,11-15H,1,6-7,9-10H2,(H2,27,28)(H2,29,30,31,32).